The van der Waals surface area contributed by atoms with E-state index >= 15 is 0 Å². The number of aliphatic hydroxyl groups is 3. The van der Waals surface area contributed by atoms with E-state index in [0.29, 0.717) is 12.5 Å². The van der Waals surface area contributed by atoms with Crippen LogP contribution in [-0.2, 0) is 4.74 Å². The normalized spacial score (nSPS) is 21.0. The first kappa shape index (κ1) is 31.8. The molecule has 0 aromatic rings. The molecule has 0 spiro atoms. The van der Waals surface area contributed by atoms with E-state index in [1.165, 1.54) is 70.6 Å². The zero-order valence-electron chi connectivity index (χ0n) is 22.9. The third-order valence-corrected chi connectivity index (χ3v) is 7.61. The summed E-state index contributed by atoms with van der Waals surface area (Å²) in [6.45, 7) is 6.70. The Morgan fingerprint density at radius 1 is 0.853 bits per heavy atom. The second kappa shape index (κ2) is 19.9. The van der Waals surface area contributed by atoms with Gasteiger partial charge in [-0.3, -0.25) is 4.90 Å². The van der Waals surface area contributed by atoms with Crippen molar-refractivity contribution in [2.45, 2.75) is 167 Å². The Morgan fingerprint density at radius 2 is 1.38 bits per heavy atom. The molecule has 34 heavy (non-hydrogen) atoms. The predicted octanol–water partition coefficient (Wildman–Crippen LogP) is 5.33. The van der Waals surface area contributed by atoms with Gasteiger partial charge in [0, 0.05) is 6.04 Å². The van der Waals surface area contributed by atoms with E-state index in [-0.39, 0.29) is 6.04 Å². The van der Waals surface area contributed by atoms with Crippen molar-refractivity contribution in [3.05, 3.63) is 0 Å². The SMILES string of the molecule is CCCCCCCCCCCCCCCC(O)N(C)C(CC1CCCN1)C(O)OC(C)C(C)O. The molecule has 0 bridgehead atoms. The van der Waals surface area contributed by atoms with Gasteiger partial charge in [0.05, 0.1) is 18.2 Å². The number of ether oxygens (including phenoxy) is 1. The number of hydrogen-bond acceptors (Lipinski definition) is 6. The summed E-state index contributed by atoms with van der Waals surface area (Å²) >= 11 is 0. The maximum absolute atomic E-state index is 10.8. The molecule has 4 N–H and O–H groups in total. The van der Waals surface area contributed by atoms with Crippen molar-refractivity contribution < 1.29 is 20.1 Å². The Morgan fingerprint density at radius 3 is 1.85 bits per heavy atom. The van der Waals surface area contributed by atoms with Crippen LogP contribution < -0.4 is 5.32 Å². The third kappa shape index (κ3) is 14.4. The molecule has 1 saturated heterocycles. The number of unbranched alkanes of at least 4 members (excludes halogenated alkanes) is 12. The highest BCUT2D eigenvalue weighted by Gasteiger charge is 2.33. The summed E-state index contributed by atoms with van der Waals surface area (Å²) in [5, 5.41) is 34.8. The van der Waals surface area contributed by atoms with Crippen LogP contribution >= 0.6 is 0 Å². The summed E-state index contributed by atoms with van der Waals surface area (Å²) in [5.74, 6) is 0. The van der Waals surface area contributed by atoms with Crippen LogP contribution in [0.5, 0.6) is 0 Å². The standard InChI is InChI=1S/C28H58N2O4/c1-5-6-7-8-9-10-11-12-13-14-15-16-17-20-27(32)30(4)26(22-25-19-18-21-29-25)28(33)34-24(3)23(2)31/h23-29,31-33H,5-22H2,1-4H3. The van der Waals surface area contributed by atoms with E-state index in [9.17, 15) is 15.3 Å². The van der Waals surface area contributed by atoms with Crippen LogP contribution in [0.4, 0.5) is 0 Å². The van der Waals surface area contributed by atoms with E-state index in [2.05, 4.69) is 12.2 Å². The van der Waals surface area contributed by atoms with Gasteiger partial charge in [-0.1, -0.05) is 84.0 Å². The second-order valence-corrected chi connectivity index (χ2v) is 10.7. The molecule has 1 rings (SSSR count). The van der Waals surface area contributed by atoms with Gasteiger partial charge in [0.25, 0.3) is 0 Å². The van der Waals surface area contributed by atoms with Crippen molar-refractivity contribution in [1.29, 1.82) is 0 Å². The third-order valence-electron chi connectivity index (χ3n) is 7.61. The number of nitrogens with zero attached hydrogens (tertiary/aromatic N) is 1. The lowest BCUT2D eigenvalue weighted by atomic mass is 10.0. The molecule has 6 heteroatoms. The largest absolute Gasteiger partial charge is 0.391 e. The van der Waals surface area contributed by atoms with E-state index in [1.807, 2.05) is 11.9 Å². The van der Waals surface area contributed by atoms with Crippen molar-refractivity contribution in [3.63, 3.8) is 0 Å². The molecule has 6 unspecified atom stereocenters. The maximum Gasteiger partial charge on any atom is 0.170 e. The Kier molecular flexibility index (Phi) is 18.6. The Balaban J connectivity index is 2.24. The van der Waals surface area contributed by atoms with Gasteiger partial charge < -0.3 is 25.4 Å². The second-order valence-electron chi connectivity index (χ2n) is 10.7. The molecule has 0 saturated carbocycles. The van der Waals surface area contributed by atoms with Gasteiger partial charge in [-0.15, -0.1) is 0 Å². The molecule has 0 aromatic carbocycles. The van der Waals surface area contributed by atoms with Gasteiger partial charge >= 0.3 is 0 Å². The first-order valence-electron chi connectivity index (χ1n) is 14.5. The molecule has 0 aliphatic carbocycles. The van der Waals surface area contributed by atoms with Crippen LogP contribution in [-0.4, -0.2) is 70.6 Å². The molecule has 204 valence electrons. The molecule has 6 atom stereocenters. The quantitative estimate of drug-likeness (QED) is 0.122. The zero-order valence-corrected chi connectivity index (χ0v) is 22.9. The van der Waals surface area contributed by atoms with Gasteiger partial charge in [-0.05, 0) is 59.5 Å². The molecule has 1 heterocycles. The number of aliphatic hydroxyl groups excluding tert-OH is 3. The van der Waals surface area contributed by atoms with Crippen LogP contribution in [0, 0.1) is 0 Å². The summed E-state index contributed by atoms with van der Waals surface area (Å²) in [4.78, 5) is 1.87. The van der Waals surface area contributed by atoms with Crippen LogP contribution in [0.25, 0.3) is 0 Å². The molecular weight excluding hydrogens is 428 g/mol. The lowest BCUT2D eigenvalue weighted by Gasteiger charge is -2.37. The minimum Gasteiger partial charge on any atom is -0.391 e. The first-order chi connectivity index (χ1) is 16.4. The lowest BCUT2D eigenvalue weighted by molar-refractivity contribution is -0.200. The van der Waals surface area contributed by atoms with E-state index < -0.39 is 24.7 Å². The average Bonchev–Trinajstić information content (AvgIpc) is 3.33. The number of rotatable bonds is 22. The summed E-state index contributed by atoms with van der Waals surface area (Å²) in [6, 6.07) is 0.0184. The van der Waals surface area contributed by atoms with Crippen LogP contribution in [0.1, 0.15) is 130 Å². The Hall–Kier alpha value is -0.240. The highest BCUT2D eigenvalue weighted by molar-refractivity contribution is 4.84. The summed E-state index contributed by atoms with van der Waals surface area (Å²) in [7, 11) is 1.88. The minimum absolute atomic E-state index is 0.311. The molecule has 0 amide bonds. The fourth-order valence-electron chi connectivity index (χ4n) is 4.93. The first-order valence-corrected chi connectivity index (χ1v) is 14.5. The van der Waals surface area contributed by atoms with Gasteiger partial charge in [0.1, 0.15) is 6.23 Å². The van der Waals surface area contributed by atoms with E-state index in [4.69, 9.17) is 4.74 Å². The van der Waals surface area contributed by atoms with Gasteiger partial charge in [0.2, 0.25) is 0 Å². The average molecular weight is 487 g/mol. The summed E-state index contributed by atoms with van der Waals surface area (Å²) in [6.07, 6.45) is 18.0. The molecule has 1 aliphatic rings. The van der Waals surface area contributed by atoms with Crippen LogP contribution in [0.2, 0.25) is 0 Å². The monoisotopic (exact) mass is 486 g/mol. The molecule has 6 nitrogen and oxygen atoms in total. The summed E-state index contributed by atoms with van der Waals surface area (Å²) in [5.41, 5.74) is 0. The van der Waals surface area contributed by atoms with Gasteiger partial charge in [-0.25, -0.2) is 0 Å². The highest BCUT2D eigenvalue weighted by Crippen LogP contribution is 2.22. The molecule has 0 radical (unpaired) electrons. The van der Waals surface area contributed by atoms with E-state index in [0.717, 1.165) is 38.6 Å². The van der Waals surface area contributed by atoms with Crippen molar-refractivity contribution in [1.82, 2.24) is 10.2 Å². The highest BCUT2D eigenvalue weighted by atomic mass is 16.6. The lowest BCUT2D eigenvalue weighted by Crippen LogP contribution is -2.51. The van der Waals surface area contributed by atoms with Gasteiger partial charge in [0.15, 0.2) is 6.29 Å². The smallest absolute Gasteiger partial charge is 0.170 e. The van der Waals surface area contributed by atoms with Crippen LogP contribution in [0.3, 0.4) is 0 Å². The summed E-state index contributed by atoms with van der Waals surface area (Å²) < 4.78 is 5.70. The van der Waals surface area contributed by atoms with Crippen molar-refractivity contribution in [3.8, 4) is 0 Å². The Bertz CT molecular complexity index is 460. The van der Waals surface area contributed by atoms with Crippen molar-refractivity contribution in [2.24, 2.45) is 0 Å². The number of nitrogens with one attached hydrogen (secondary N) is 1. The van der Waals surface area contributed by atoms with Crippen molar-refractivity contribution in [2.75, 3.05) is 13.6 Å². The number of hydrogen-bond donors (Lipinski definition) is 4. The molecule has 0 aromatic heterocycles. The minimum atomic E-state index is -1.04. The zero-order chi connectivity index (χ0) is 25.2. The Labute approximate surface area is 210 Å². The van der Waals surface area contributed by atoms with Crippen LogP contribution in [0.15, 0.2) is 0 Å². The number of likely N-dealkylation sites (N-methyl/N-ethyl adjacent to an activating group) is 1. The topological polar surface area (TPSA) is 85.2 Å². The molecular formula is C28H58N2O4. The van der Waals surface area contributed by atoms with Gasteiger partial charge in [-0.2, -0.15) is 0 Å². The molecule has 1 fully saturated rings. The predicted molar refractivity (Wildman–Crippen MR) is 142 cm³/mol. The fraction of sp³-hybridized carbons (Fsp3) is 1.00. The molecule has 1 aliphatic heterocycles. The van der Waals surface area contributed by atoms with E-state index in [1.54, 1.807) is 13.8 Å². The fourth-order valence-corrected chi connectivity index (χ4v) is 4.93. The maximum atomic E-state index is 10.8. The van der Waals surface area contributed by atoms with Crippen molar-refractivity contribution >= 4 is 0 Å².